The van der Waals surface area contributed by atoms with Crippen molar-refractivity contribution < 1.29 is 13.2 Å². The number of ether oxygens (including phenoxy) is 1. The molecule has 0 aliphatic heterocycles. The van der Waals surface area contributed by atoms with Gasteiger partial charge in [-0.2, -0.15) is 0 Å². The van der Waals surface area contributed by atoms with Crippen LogP contribution in [0.2, 0.25) is 0 Å². The van der Waals surface area contributed by atoms with Gasteiger partial charge in [-0.3, -0.25) is 4.79 Å². The first-order valence-corrected chi connectivity index (χ1v) is 7.72. The van der Waals surface area contributed by atoms with Gasteiger partial charge in [-0.1, -0.05) is 0 Å². The highest BCUT2D eigenvalue weighted by Crippen LogP contribution is 2.18. The molecule has 2 aromatic rings. The lowest BCUT2D eigenvalue weighted by atomic mass is 10.1. The summed E-state index contributed by atoms with van der Waals surface area (Å²) in [5.74, 6) is 0.403. The molecule has 0 aliphatic carbocycles. The van der Waals surface area contributed by atoms with Crippen LogP contribution in [0, 0.1) is 0 Å². The maximum Gasteiger partial charge on any atom is 0.193 e. The Morgan fingerprint density at radius 1 is 1.32 bits per heavy atom. The normalized spacial score (nSPS) is 11.7. The van der Waals surface area contributed by atoms with Crippen LogP contribution in [-0.4, -0.2) is 26.4 Å². The molecule has 6 heteroatoms. The number of nitrogens with zero attached hydrogens (tertiary/aromatic N) is 1. The van der Waals surface area contributed by atoms with Crippen LogP contribution in [0.5, 0.6) is 5.75 Å². The van der Waals surface area contributed by atoms with E-state index < -0.39 is 9.84 Å². The van der Waals surface area contributed by atoms with Crippen LogP contribution in [-0.2, 0) is 22.6 Å². The van der Waals surface area contributed by atoms with E-state index in [9.17, 15) is 13.2 Å². The van der Waals surface area contributed by atoms with Crippen LogP contribution in [0.3, 0.4) is 0 Å². The van der Waals surface area contributed by atoms with E-state index in [1.54, 1.807) is 43.1 Å². The Bertz CT molecular complexity index is 790. The van der Waals surface area contributed by atoms with Crippen LogP contribution >= 0.6 is 0 Å². The van der Waals surface area contributed by atoms with E-state index in [0.29, 0.717) is 16.7 Å². The van der Waals surface area contributed by atoms with Gasteiger partial charge in [0.1, 0.15) is 5.75 Å². The summed E-state index contributed by atoms with van der Waals surface area (Å²) < 4.78 is 29.5. The summed E-state index contributed by atoms with van der Waals surface area (Å²) in [5.41, 5.74) is 0.741. The van der Waals surface area contributed by atoms with Gasteiger partial charge in [-0.15, -0.1) is 0 Å². The van der Waals surface area contributed by atoms with Crippen LogP contribution in [0.15, 0.2) is 29.2 Å². The summed E-state index contributed by atoms with van der Waals surface area (Å²) in [6.45, 7) is 0. The average molecular weight is 281 g/mol. The van der Waals surface area contributed by atoms with E-state index in [0.717, 1.165) is 6.26 Å². The Balaban J connectivity index is 2.73. The van der Waals surface area contributed by atoms with Gasteiger partial charge in [0, 0.05) is 36.5 Å². The number of pyridine rings is 1. The molecule has 0 fully saturated rings. The quantitative estimate of drug-likeness (QED) is 0.845. The number of hydrogen-bond donors (Lipinski definition) is 0. The topological polar surface area (TPSA) is 65.4 Å². The summed E-state index contributed by atoms with van der Waals surface area (Å²) in [6.07, 6.45) is 2.68. The van der Waals surface area contributed by atoms with Crippen molar-refractivity contribution in [2.24, 2.45) is 7.05 Å². The molecule has 1 aromatic carbocycles. The largest absolute Gasteiger partial charge is 0.497 e. The molecule has 0 aliphatic rings. The zero-order chi connectivity index (χ0) is 14.2. The van der Waals surface area contributed by atoms with Crippen molar-refractivity contribution in [3.8, 4) is 5.75 Å². The van der Waals surface area contributed by atoms with Gasteiger partial charge in [-0.25, -0.2) is 8.42 Å². The number of rotatable bonds is 3. The molecule has 2 rings (SSSR count). The number of benzene rings is 1. The highest BCUT2D eigenvalue weighted by Gasteiger charge is 2.12. The lowest BCUT2D eigenvalue weighted by molar-refractivity contribution is 0.415. The minimum atomic E-state index is -3.24. The van der Waals surface area contributed by atoms with Crippen molar-refractivity contribution in [2.75, 3.05) is 13.4 Å². The molecule has 102 valence electrons. The molecule has 0 amide bonds. The van der Waals surface area contributed by atoms with Crippen molar-refractivity contribution in [1.29, 1.82) is 0 Å². The summed E-state index contributed by atoms with van der Waals surface area (Å²) in [4.78, 5) is 12.2. The van der Waals surface area contributed by atoms with Gasteiger partial charge in [-0.05, 0) is 12.1 Å². The maximum absolute atomic E-state index is 12.2. The van der Waals surface area contributed by atoms with Crippen LogP contribution < -0.4 is 10.2 Å². The molecule has 0 spiro atoms. The number of hydrogen-bond acceptors (Lipinski definition) is 4. The molecule has 0 unspecified atom stereocenters. The zero-order valence-electron chi connectivity index (χ0n) is 11.0. The summed E-state index contributed by atoms with van der Waals surface area (Å²) >= 11 is 0. The standard InChI is InChI=1S/C13H15NO4S/c1-14-7-9(8-19(3,16)17)13(15)11-5-4-10(18-2)6-12(11)14/h4-7H,8H2,1-3H3. The molecule has 0 saturated carbocycles. The maximum atomic E-state index is 12.2. The van der Waals surface area contributed by atoms with Crippen molar-refractivity contribution in [1.82, 2.24) is 4.57 Å². The number of methoxy groups -OCH3 is 1. The summed E-state index contributed by atoms with van der Waals surface area (Å²) in [7, 11) is 0.0878. The van der Waals surface area contributed by atoms with E-state index in [1.807, 2.05) is 0 Å². The third kappa shape index (κ3) is 2.78. The molecule has 0 bridgehead atoms. The predicted molar refractivity (Wildman–Crippen MR) is 74.3 cm³/mol. The van der Waals surface area contributed by atoms with Gasteiger partial charge in [0.15, 0.2) is 15.3 Å². The zero-order valence-corrected chi connectivity index (χ0v) is 11.8. The third-order valence-electron chi connectivity index (χ3n) is 2.89. The molecule has 0 N–H and O–H groups in total. The van der Waals surface area contributed by atoms with Crippen molar-refractivity contribution in [3.63, 3.8) is 0 Å². The van der Waals surface area contributed by atoms with Gasteiger partial charge in [0.2, 0.25) is 0 Å². The Morgan fingerprint density at radius 2 is 2.00 bits per heavy atom. The summed E-state index contributed by atoms with van der Waals surface area (Å²) in [5, 5.41) is 0.490. The van der Waals surface area contributed by atoms with Crippen molar-refractivity contribution in [2.45, 2.75) is 5.75 Å². The van der Waals surface area contributed by atoms with E-state index in [-0.39, 0.29) is 16.7 Å². The second-order valence-electron chi connectivity index (χ2n) is 4.55. The molecule has 1 heterocycles. The first-order valence-electron chi connectivity index (χ1n) is 5.66. The highest BCUT2D eigenvalue weighted by molar-refractivity contribution is 7.89. The van der Waals surface area contributed by atoms with Crippen LogP contribution in [0.4, 0.5) is 0 Å². The van der Waals surface area contributed by atoms with Gasteiger partial charge in [0.05, 0.1) is 18.4 Å². The Labute approximate surface area is 111 Å². The van der Waals surface area contributed by atoms with E-state index in [2.05, 4.69) is 0 Å². The Hall–Kier alpha value is -1.82. The van der Waals surface area contributed by atoms with E-state index in [1.165, 1.54) is 0 Å². The Kier molecular flexibility index (Phi) is 3.36. The first kappa shape index (κ1) is 13.6. The molecule has 19 heavy (non-hydrogen) atoms. The number of fused-ring (bicyclic) bond motifs is 1. The molecule has 5 nitrogen and oxygen atoms in total. The summed E-state index contributed by atoms with van der Waals surface area (Å²) in [6, 6.07) is 5.09. The van der Waals surface area contributed by atoms with Crippen molar-refractivity contribution >= 4 is 20.7 Å². The molecular weight excluding hydrogens is 266 g/mol. The lowest BCUT2D eigenvalue weighted by Crippen LogP contribution is -2.16. The van der Waals surface area contributed by atoms with E-state index >= 15 is 0 Å². The lowest BCUT2D eigenvalue weighted by Gasteiger charge is -2.10. The molecule has 0 radical (unpaired) electrons. The molecular formula is C13H15NO4S. The number of aromatic nitrogens is 1. The predicted octanol–water partition coefficient (Wildman–Crippen LogP) is 1.09. The number of aryl methyl sites for hydroxylation is 1. The fourth-order valence-corrected chi connectivity index (χ4v) is 2.81. The fourth-order valence-electron chi connectivity index (χ4n) is 2.04. The van der Waals surface area contributed by atoms with Gasteiger partial charge >= 0.3 is 0 Å². The average Bonchev–Trinajstić information content (AvgIpc) is 2.33. The van der Waals surface area contributed by atoms with Crippen LogP contribution in [0.25, 0.3) is 10.9 Å². The molecule has 1 aromatic heterocycles. The first-order chi connectivity index (χ1) is 8.81. The SMILES string of the molecule is COc1ccc2c(=O)c(CS(C)(=O)=O)cn(C)c2c1. The third-order valence-corrected chi connectivity index (χ3v) is 3.72. The smallest absolute Gasteiger partial charge is 0.193 e. The highest BCUT2D eigenvalue weighted by atomic mass is 32.2. The van der Waals surface area contributed by atoms with E-state index in [4.69, 9.17) is 4.74 Å². The van der Waals surface area contributed by atoms with Gasteiger partial charge in [0.25, 0.3) is 0 Å². The van der Waals surface area contributed by atoms with Gasteiger partial charge < -0.3 is 9.30 Å². The fraction of sp³-hybridized carbons (Fsp3) is 0.308. The van der Waals surface area contributed by atoms with Crippen LogP contribution in [0.1, 0.15) is 5.56 Å². The monoisotopic (exact) mass is 281 g/mol. The minimum Gasteiger partial charge on any atom is -0.497 e. The van der Waals surface area contributed by atoms with Crippen molar-refractivity contribution in [3.05, 3.63) is 40.2 Å². The number of sulfone groups is 1. The Morgan fingerprint density at radius 3 is 2.58 bits per heavy atom. The second-order valence-corrected chi connectivity index (χ2v) is 6.69. The second kappa shape index (κ2) is 4.70. The molecule has 0 saturated heterocycles. The minimum absolute atomic E-state index is 0.248. The molecule has 0 atom stereocenters.